The molecule has 0 saturated carbocycles. The van der Waals surface area contributed by atoms with Gasteiger partial charge in [0.1, 0.15) is 0 Å². The number of amides is 1. The van der Waals surface area contributed by atoms with Crippen molar-refractivity contribution < 1.29 is 9.72 Å². The van der Waals surface area contributed by atoms with Crippen LogP contribution in [0.5, 0.6) is 0 Å². The molecule has 1 N–H and O–H groups in total. The topological polar surface area (TPSA) is 98.0 Å². The number of rotatable bonds is 6. The minimum atomic E-state index is -0.557. The Morgan fingerprint density at radius 2 is 2.04 bits per heavy atom. The van der Waals surface area contributed by atoms with E-state index in [1.54, 1.807) is 12.1 Å². The normalized spacial score (nSPS) is 10.6. The van der Waals surface area contributed by atoms with Crippen LogP contribution in [0.4, 0.5) is 10.8 Å². The third-order valence-corrected chi connectivity index (χ3v) is 5.92. The molecular weight excluding hydrogens is 431 g/mol. The van der Waals surface area contributed by atoms with Gasteiger partial charge in [-0.2, -0.15) is 0 Å². The van der Waals surface area contributed by atoms with Crippen molar-refractivity contribution in [3.8, 4) is 0 Å². The molecule has 0 saturated heterocycles. The number of carbonyl (C=O) groups excluding carboxylic acids is 1. The highest BCUT2D eigenvalue weighted by atomic mass is 35.5. The van der Waals surface area contributed by atoms with Crippen LogP contribution in [0.2, 0.25) is 10.0 Å². The number of hydrogen-bond donors (Lipinski definition) is 1. The standard InChI is InChI=1S/C16H10Cl2N4O3S2/c17-11-5-4-10(13(18)7-11)8-26-16-21-20-15(27-16)19-14(23)9-2-1-3-12(6-9)22(24)25/h1-7H,8H2,(H,19,20,23). The average Bonchev–Trinajstić information content (AvgIpc) is 3.08. The van der Waals surface area contributed by atoms with Crippen LogP contribution >= 0.6 is 46.3 Å². The minimum absolute atomic E-state index is 0.156. The second-order valence-corrected chi connectivity index (χ2v) is 8.20. The van der Waals surface area contributed by atoms with Gasteiger partial charge in [-0.25, -0.2) is 0 Å². The van der Waals surface area contributed by atoms with Crippen molar-refractivity contribution in [3.63, 3.8) is 0 Å². The summed E-state index contributed by atoms with van der Waals surface area (Å²) in [5.41, 5.74) is 0.918. The van der Waals surface area contributed by atoms with E-state index in [2.05, 4.69) is 15.5 Å². The minimum Gasteiger partial charge on any atom is -0.296 e. The molecule has 0 atom stereocenters. The van der Waals surface area contributed by atoms with E-state index in [0.29, 0.717) is 25.3 Å². The van der Waals surface area contributed by atoms with Crippen molar-refractivity contribution in [1.82, 2.24) is 10.2 Å². The molecule has 3 aromatic rings. The van der Waals surface area contributed by atoms with E-state index in [-0.39, 0.29) is 11.3 Å². The van der Waals surface area contributed by atoms with Crippen molar-refractivity contribution in [2.24, 2.45) is 0 Å². The monoisotopic (exact) mass is 440 g/mol. The van der Waals surface area contributed by atoms with Crippen LogP contribution < -0.4 is 5.32 Å². The molecule has 0 spiro atoms. The lowest BCUT2D eigenvalue weighted by Crippen LogP contribution is -2.11. The fourth-order valence-electron chi connectivity index (χ4n) is 2.03. The quantitative estimate of drug-likeness (QED) is 0.241. The molecule has 1 amide bonds. The number of anilines is 1. The maximum Gasteiger partial charge on any atom is 0.270 e. The van der Waals surface area contributed by atoms with E-state index in [4.69, 9.17) is 23.2 Å². The smallest absolute Gasteiger partial charge is 0.270 e. The summed E-state index contributed by atoms with van der Waals surface area (Å²) in [7, 11) is 0. The van der Waals surface area contributed by atoms with Crippen molar-refractivity contribution >= 4 is 63.0 Å². The molecule has 27 heavy (non-hydrogen) atoms. The van der Waals surface area contributed by atoms with Crippen molar-refractivity contribution in [1.29, 1.82) is 0 Å². The number of carbonyl (C=O) groups is 1. The molecule has 3 rings (SSSR count). The van der Waals surface area contributed by atoms with Crippen molar-refractivity contribution in [3.05, 3.63) is 73.8 Å². The number of halogens is 2. The van der Waals surface area contributed by atoms with Crippen LogP contribution in [0.1, 0.15) is 15.9 Å². The zero-order chi connectivity index (χ0) is 19.4. The number of aromatic nitrogens is 2. The number of nitro groups is 1. The van der Waals surface area contributed by atoms with Crippen molar-refractivity contribution in [2.75, 3.05) is 5.32 Å². The number of nitrogens with zero attached hydrogens (tertiary/aromatic N) is 3. The van der Waals surface area contributed by atoms with Gasteiger partial charge in [0.15, 0.2) is 4.34 Å². The Kier molecular flexibility index (Phi) is 6.27. The summed E-state index contributed by atoms with van der Waals surface area (Å²) in [4.78, 5) is 22.5. The van der Waals surface area contributed by atoms with Gasteiger partial charge in [0.05, 0.1) is 4.92 Å². The number of hydrogen-bond acceptors (Lipinski definition) is 7. The van der Waals surface area contributed by atoms with Gasteiger partial charge in [0.2, 0.25) is 5.13 Å². The lowest BCUT2D eigenvalue weighted by molar-refractivity contribution is -0.384. The zero-order valence-electron chi connectivity index (χ0n) is 13.4. The van der Waals surface area contributed by atoms with Gasteiger partial charge in [0, 0.05) is 33.5 Å². The zero-order valence-corrected chi connectivity index (χ0v) is 16.5. The van der Waals surface area contributed by atoms with E-state index in [9.17, 15) is 14.9 Å². The van der Waals surface area contributed by atoms with Crippen LogP contribution in [0.15, 0.2) is 46.8 Å². The fourth-order valence-corrected chi connectivity index (χ4v) is 4.33. The number of thioether (sulfide) groups is 1. The van der Waals surface area contributed by atoms with Gasteiger partial charge >= 0.3 is 0 Å². The van der Waals surface area contributed by atoms with E-state index < -0.39 is 10.8 Å². The van der Waals surface area contributed by atoms with E-state index >= 15 is 0 Å². The van der Waals surface area contributed by atoms with Gasteiger partial charge in [0.25, 0.3) is 11.6 Å². The van der Waals surface area contributed by atoms with Crippen LogP contribution in [-0.4, -0.2) is 21.0 Å². The average molecular weight is 441 g/mol. The molecule has 0 aliphatic carbocycles. The first-order valence-corrected chi connectivity index (χ1v) is 9.94. The summed E-state index contributed by atoms with van der Waals surface area (Å²) in [6, 6.07) is 10.7. The largest absolute Gasteiger partial charge is 0.296 e. The first-order chi connectivity index (χ1) is 12.9. The molecular formula is C16H10Cl2N4O3S2. The van der Waals surface area contributed by atoms with Crippen LogP contribution in [0, 0.1) is 10.1 Å². The molecule has 0 aliphatic heterocycles. The van der Waals surface area contributed by atoms with Gasteiger partial charge in [-0.1, -0.05) is 58.4 Å². The SMILES string of the molecule is O=C(Nc1nnc(SCc2ccc(Cl)cc2Cl)s1)c1cccc([N+](=O)[O-])c1. The Hall–Kier alpha value is -2.20. The number of benzene rings is 2. The second kappa shape index (κ2) is 8.66. The summed E-state index contributed by atoms with van der Waals surface area (Å²) in [5.74, 6) is 0.0795. The molecule has 0 radical (unpaired) electrons. The van der Waals surface area contributed by atoms with E-state index in [1.807, 2.05) is 6.07 Å². The lowest BCUT2D eigenvalue weighted by atomic mass is 10.2. The number of non-ortho nitro benzene ring substituents is 1. The molecule has 11 heteroatoms. The highest BCUT2D eigenvalue weighted by Crippen LogP contribution is 2.31. The number of nitrogens with one attached hydrogen (secondary N) is 1. The molecule has 1 heterocycles. The Morgan fingerprint density at radius 1 is 1.22 bits per heavy atom. The summed E-state index contributed by atoms with van der Waals surface area (Å²) in [6.45, 7) is 0. The summed E-state index contributed by atoms with van der Waals surface area (Å²) >= 11 is 14.6. The summed E-state index contributed by atoms with van der Waals surface area (Å²) in [6.07, 6.45) is 0. The van der Waals surface area contributed by atoms with Gasteiger partial charge in [-0.15, -0.1) is 10.2 Å². The van der Waals surface area contributed by atoms with Crippen molar-refractivity contribution in [2.45, 2.75) is 10.1 Å². The summed E-state index contributed by atoms with van der Waals surface area (Å²) < 4.78 is 0.648. The van der Waals surface area contributed by atoms with Crippen LogP contribution in [0.3, 0.4) is 0 Å². The second-order valence-electron chi connectivity index (χ2n) is 5.16. The fraction of sp³-hybridized carbons (Fsp3) is 0.0625. The number of nitro benzene ring substituents is 1. The van der Waals surface area contributed by atoms with E-state index in [0.717, 1.165) is 5.56 Å². The predicted octanol–water partition coefficient (Wildman–Crippen LogP) is 5.30. The molecule has 0 aliphatic rings. The lowest BCUT2D eigenvalue weighted by Gasteiger charge is -2.02. The molecule has 138 valence electrons. The maximum absolute atomic E-state index is 12.2. The molecule has 0 bridgehead atoms. The highest BCUT2D eigenvalue weighted by Gasteiger charge is 2.14. The van der Waals surface area contributed by atoms with Gasteiger partial charge < -0.3 is 0 Å². The molecule has 2 aromatic carbocycles. The van der Waals surface area contributed by atoms with Gasteiger partial charge in [-0.05, 0) is 23.8 Å². The Labute approximate surface area is 171 Å². The third kappa shape index (κ3) is 5.16. The molecule has 0 fully saturated rings. The van der Waals surface area contributed by atoms with Crippen LogP contribution in [0.25, 0.3) is 0 Å². The Morgan fingerprint density at radius 3 is 2.78 bits per heavy atom. The maximum atomic E-state index is 12.2. The Bertz CT molecular complexity index is 1010. The first-order valence-electron chi connectivity index (χ1n) is 7.38. The van der Waals surface area contributed by atoms with Crippen LogP contribution in [-0.2, 0) is 5.75 Å². The molecule has 0 unspecified atom stereocenters. The predicted molar refractivity (Wildman–Crippen MR) is 107 cm³/mol. The first kappa shape index (κ1) is 19.6. The molecule has 7 nitrogen and oxygen atoms in total. The summed E-state index contributed by atoms with van der Waals surface area (Å²) in [5, 5.41) is 22.8. The Balaban J connectivity index is 1.63. The molecule has 1 aromatic heterocycles. The van der Waals surface area contributed by atoms with Gasteiger partial charge in [-0.3, -0.25) is 20.2 Å². The highest BCUT2D eigenvalue weighted by molar-refractivity contribution is 8.00. The van der Waals surface area contributed by atoms with E-state index in [1.165, 1.54) is 47.4 Å². The third-order valence-electron chi connectivity index (χ3n) is 3.31.